The van der Waals surface area contributed by atoms with Crippen LogP contribution >= 0.6 is 11.8 Å². The highest BCUT2D eigenvalue weighted by Gasteiger charge is 2.19. The molecule has 32 heavy (non-hydrogen) atoms. The van der Waals surface area contributed by atoms with Crippen LogP contribution in [0.3, 0.4) is 0 Å². The monoisotopic (exact) mass is 449 g/mol. The van der Waals surface area contributed by atoms with Crippen molar-refractivity contribution in [1.29, 1.82) is 5.26 Å². The Balaban J connectivity index is 1.60. The molecule has 0 aliphatic carbocycles. The zero-order valence-electron chi connectivity index (χ0n) is 18.9. The minimum absolute atomic E-state index is 0.0862. The lowest BCUT2D eigenvalue weighted by Gasteiger charge is -2.20. The minimum atomic E-state index is -0.307. The average molecular weight is 450 g/mol. The predicted octanol–water partition coefficient (Wildman–Crippen LogP) is 4.86. The number of amides is 1. The van der Waals surface area contributed by atoms with Crippen LogP contribution < -0.4 is 10.1 Å². The molecular weight excluding hydrogens is 422 g/mol. The molecule has 0 fully saturated rings. The summed E-state index contributed by atoms with van der Waals surface area (Å²) < 4.78 is 7.88. The second kappa shape index (κ2) is 9.88. The number of para-hydroxylation sites is 1. The number of hydrogen-bond acceptors (Lipinski definition) is 6. The summed E-state index contributed by atoms with van der Waals surface area (Å²) in [5.74, 6) is 1.36. The molecule has 2 aromatic carbocycles. The number of rotatable bonds is 7. The van der Waals surface area contributed by atoms with Crippen LogP contribution in [0.2, 0.25) is 0 Å². The van der Waals surface area contributed by atoms with Crippen LogP contribution in [0, 0.1) is 11.3 Å². The number of nitrogens with one attached hydrogen (secondary N) is 1. The maximum Gasteiger partial charge on any atom is 0.234 e. The van der Waals surface area contributed by atoms with E-state index in [2.05, 4.69) is 54.5 Å². The molecule has 0 aliphatic heterocycles. The molecule has 0 bridgehead atoms. The van der Waals surface area contributed by atoms with Crippen molar-refractivity contribution in [1.82, 2.24) is 14.8 Å². The molecule has 0 unspecified atom stereocenters. The van der Waals surface area contributed by atoms with Gasteiger partial charge in [0.05, 0.1) is 17.0 Å². The van der Waals surface area contributed by atoms with Gasteiger partial charge in [-0.15, -0.1) is 10.2 Å². The number of nitriles is 1. The fourth-order valence-electron chi connectivity index (χ4n) is 3.10. The van der Waals surface area contributed by atoms with E-state index in [0.29, 0.717) is 22.2 Å². The van der Waals surface area contributed by atoms with Crippen molar-refractivity contribution in [3.63, 3.8) is 0 Å². The number of ether oxygens (including phenoxy) is 1. The Morgan fingerprint density at radius 2 is 1.88 bits per heavy atom. The Hall–Kier alpha value is -3.31. The topological polar surface area (TPSA) is 92.8 Å². The van der Waals surface area contributed by atoms with Crippen molar-refractivity contribution in [2.75, 3.05) is 11.1 Å². The second-order valence-corrected chi connectivity index (χ2v) is 9.37. The lowest BCUT2D eigenvalue weighted by molar-refractivity contribution is -0.113. The first-order chi connectivity index (χ1) is 15.2. The van der Waals surface area contributed by atoms with Crippen molar-refractivity contribution >= 4 is 23.4 Å². The number of anilines is 1. The fourth-order valence-corrected chi connectivity index (χ4v) is 3.82. The van der Waals surface area contributed by atoms with Crippen molar-refractivity contribution in [3.8, 4) is 11.8 Å². The third-order valence-corrected chi connectivity index (χ3v) is 5.94. The van der Waals surface area contributed by atoms with Crippen molar-refractivity contribution in [3.05, 3.63) is 65.5 Å². The zero-order chi connectivity index (χ0) is 23.3. The number of nitrogens with zero attached hydrogens (tertiary/aromatic N) is 4. The molecule has 0 spiro atoms. The zero-order valence-corrected chi connectivity index (χ0v) is 19.7. The van der Waals surface area contributed by atoms with Gasteiger partial charge in [0.2, 0.25) is 5.91 Å². The van der Waals surface area contributed by atoms with E-state index in [9.17, 15) is 4.79 Å². The highest BCUT2D eigenvalue weighted by molar-refractivity contribution is 7.99. The molecule has 0 aliphatic rings. The Morgan fingerprint density at radius 3 is 2.53 bits per heavy atom. The van der Waals surface area contributed by atoms with Crippen molar-refractivity contribution in [2.24, 2.45) is 7.05 Å². The van der Waals surface area contributed by atoms with Crippen LogP contribution in [-0.2, 0) is 17.3 Å². The second-order valence-electron chi connectivity index (χ2n) is 8.43. The van der Waals surface area contributed by atoms with Gasteiger partial charge in [-0.2, -0.15) is 5.26 Å². The van der Waals surface area contributed by atoms with E-state index >= 15 is 0 Å². The molecule has 8 heteroatoms. The van der Waals surface area contributed by atoms with E-state index < -0.39 is 0 Å². The molecular formula is C24H27N5O2S. The van der Waals surface area contributed by atoms with Gasteiger partial charge < -0.3 is 14.6 Å². The van der Waals surface area contributed by atoms with Crippen LogP contribution in [-0.4, -0.2) is 26.4 Å². The standard InChI is InChI=1S/C24H27N5O2S/c1-16(31-19-12-10-18(11-13-19)24(2,3)4)22-27-28-23(29(22)5)32-15-21(30)26-20-9-7-6-8-17(20)14-25/h6-13,16H,15H2,1-5H3,(H,26,30)/t16-/m1/s1. The van der Waals surface area contributed by atoms with E-state index in [0.717, 1.165) is 5.75 Å². The number of carbonyl (C=O) groups is 1. The van der Waals surface area contributed by atoms with E-state index in [4.69, 9.17) is 10.00 Å². The third-order valence-electron chi connectivity index (χ3n) is 4.92. The normalized spacial score (nSPS) is 12.1. The molecule has 1 amide bonds. The molecule has 0 saturated heterocycles. The number of aromatic nitrogens is 3. The van der Waals surface area contributed by atoms with Gasteiger partial charge in [-0.05, 0) is 42.2 Å². The van der Waals surface area contributed by atoms with E-state index in [1.165, 1.54) is 17.3 Å². The lowest BCUT2D eigenvalue weighted by atomic mass is 9.87. The summed E-state index contributed by atoms with van der Waals surface area (Å²) in [5.41, 5.74) is 2.25. The molecule has 3 aromatic rings. The Labute approximate surface area is 192 Å². The highest BCUT2D eigenvalue weighted by atomic mass is 32.2. The molecule has 1 N–H and O–H groups in total. The van der Waals surface area contributed by atoms with E-state index in [-0.39, 0.29) is 23.2 Å². The summed E-state index contributed by atoms with van der Waals surface area (Å²) in [5, 5.41) is 21.0. The smallest absolute Gasteiger partial charge is 0.234 e. The van der Waals surface area contributed by atoms with Gasteiger partial charge in [-0.1, -0.05) is 56.8 Å². The summed E-state index contributed by atoms with van der Waals surface area (Å²) in [4.78, 5) is 12.3. The van der Waals surface area contributed by atoms with Crippen LogP contribution in [0.5, 0.6) is 5.75 Å². The molecule has 0 radical (unpaired) electrons. The SMILES string of the molecule is C[C@@H](Oc1ccc(C(C)(C)C)cc1)c1nnc(SCC(=O)Nc2ccccc2C#N)n1C. The first kappa shape index (κ1) is 23.4. The van der Waals surface area contributed by atoms with Crippen LogP contribution in [0.25, 0.3) is 0 Å². The lowest BCUT2D eigenvalue weighted by Crippen LogP contribution is -2.15. The van der Waals surface area contributed by atoms with Gasteiger partial charge in [-0.3, -0.25) is 4.79 Å². The van der Waals surface area contributed by atoms with E-state index in [1.807, 2.05) is 30.7 Å². The Bertz CT molecular complexity index is 1130. The summed E-state index contributed by atoms with van der Waals surface area (Å²) in [6.45, 7) is 8.44. The quantitative estimate of drug-likeness (QED) is 0.518. The number of hydrogen-bond donors (Lipinski definition) is 1. The van der Waals surface area contributed by atoms with Crippen LogP contribution in [0.4, 0.5) is 5.69 Å². The van der Waals surface area contributed by atoms with Gasteiger partial charge in [-0.25, -0.2) is 0 Å². The van der Waals surface area contributed by atoms with Crippen LogP contribution in [0.15, 0.2) is 53.7 Å². The first-order valence-electron chi connectivity index (χ1n) is 10.3. The highest BCUT2D eigenvalue weighted by Crippen LogP contribution is 2.27. The molecule has 166 valence electrons. The van der Waals surface area contributed by atoms with Gasteiger partial charge in [0, 0.05) is 7.05 Å². The Kier molecular flexibility index (Phi) is 7.21. The van der Waals surface area contributed by atoms with Crippen molar-refractivity contribution < 1.29 is 9.53 Å². The minimum Gasteiger partial charge on any atom is -0.483 e. The van der Waals surface area contributed by atoms with E-state index in [1.54, 1.807) is 24.3 Å². The number of benzene rings is 2. The number of carbonyl (C=O) groups excluding carboxylic acids is 1. The summed E-state index contributed by atoms with van der Waals surface area (Å²) in [6, 6.07) is 17.0. The summed E-state index contributed by atoms with van der Waals surface area (Å²) in [6.07, 6.45) is -0.307. The molecule has 1 aromatic heterocycles. The molecule has 0 saturated carbocycles. The van der Waals surface area contributed by atoms with Crippen molar-refractivity contribution in [2.45, 2.75) is 44.4 Å². The summed E-state index contributed by atoms with van der Waals surface area (Å²) >= 11 is 1.28. The largest absolute Gasteiger partial charge is 0.483 e. The van der Waals surface area contributed by atoms with Gasteiger partial charge in [0.1, 0.15) is 11.8 Å². The maximum atomic E-state index is 12.3. The fraction of sp³-hybridized carbons (Fsp3) is 0.333. The first-order valence-corrected chi connectivity index (χ1v) is 11.3. The molecule has 7 nitrogen and oxygen atoms in total. The molecule has 1 heterocycles. The average Bonchev–Trinajstić information content (AvgIpc) is 3.13. The van der Waals surface area contributed by atoms with Gasteiger partial charge >= 0.3 is 0 Å². The number of thioether (sulfide) groups is 1. The Morgan fingerprint density at radius 1 is 1.19 bits per heavy atom. The third kappa shape index (κ3) is 5.68. The van der Waals surface area contributed by atoms with Crippen LogP contribution in [0.1, 0.15) is 50.8 Å². The maximum absolute atomic E-state index is 12.3. The van der Waals surface area contributed by atoms with Gasteiger partial charge in [0.25, 0.3) is 0 Å². The van der Waals surface area contributed by atoms with Gasteiger partial charge in [0.15, 0.2) is 17.1 Å². The molecule has 1 atom stereocenters. The molecule has 3 rings (SSSR count). The summed E-state index contributed by atoms with van der Waals surface area (Å²) in [7, 11) is 1.85. The predicted molar refractivity (Wildman–Crippen MR) is 126 cm³/mol.